The summed E-state index contributed by atoms with van der Waals surface area (Å²) in [5.41, 5.74) is -0.0876. The van der Waals surface area contributed by atoms with Crippen molar-refractivity contribution < 1.29 is 19.6 Å². The molecule has 0 aromatic rings. The number of halogens is 1. The van der Waals surface area contributed by atoms with Gasteiger partial charge in [-0.15, -0.1) is 0 Å². The highest BCUT2D eigenvalue weighted by molar-refractivity contribution is 14.1. The second-order valence-corrected chi connectivity index (χ2v) is 7.91. The van der Waals surface area contributed by atoms with Crippen molar-refractivity contribution >= 4 is 22.6 Å². The molecule has 19 heavy (non-hydrogen) atoms. The molecule has 1 saturated heterocycles. The van der Waals surface area contributed by atoms with Crippen molar-refractivity contribution in [2.45, 2.75) is 64.8 Å². The van der Waals surface area contributed by atoms with Gasteiger partial charge in [0.2, 0.25) is 5.79 Å². The summed E-state index contributed by atoms with van der Waals surface area (Å²) in [6, 6.07) is 0. The lowest BCUT2D eigenvalue weighted by molar-refractivity contribution is -0.494. The third kappa shape index (κ3) is 3.81. The maximum atomic E-state index is 5.65. The van der Waals surface area contributed by atoms with E-state index in [1.165, 1.54) is 0 Å². The van der Waals surface area contributed by atoms with Crippen LogP contribution in [0.4, 0.5) is 0 Å². The van der Waals surface area contributed by atoms with Gasteiger partial charge in [0.25, 0.3) is 0 Å². The Bertz CT molecular complexity index is 307. The van der Waals surface area contributed by atoms with E-state index in [1.54, 1.807) is 0 Å². The van der Waals surface area contributed by atoms with Gasteiger partial charge in [-0.25, -0.2) is 9.78 Å². The Morgan fingerprint density at radius 2 is 1.74 bits per heavy atom. The SMILES string of the molecule is CC1(CI)COOC2(CCC(C(C)(C)C)CC2)OO1. The zero-order valence-corrected chi connectivity index (χ0v) is 14.5. The van der Waals surface area contributed by atoms with Crippen LogP contribution < -0.4 is 0 Å². The smallest absolute Gasteiger partial charge is 0.230 e. The molecule has 0 bridgehead atoms. The van der Waals surface area contributed by atoms with Crippen molar-refractivity contribution in [3.05, 3.63) is 0 Å². The van der Waals surface area contributed by atoms with E-state index in [9.17, 15) is 0 Å². The van der Waals surface area contributed by atoms with E-state index < -0.39 is 11.4 Å². The number of rotatable bonds is 1. The van der Waals surface area contributed by atoms with Gasteiger partial charge in [0, 0.05) is 17.3 Å². The van der Waals surface area contributed by atoms with Gasteiger partial charge in [0.1, 0.15) is 12.2 Å². The molecule has 0 N–H and O–H groups in total. The molecule has 0 amide bonds. The number of alkyl halides is 1. The molecule has 2 fully saturated rings. The lowest BCUT2D eigenvalue weighted by atomic mass is 9.71. The first-order valence-electron chi connectivity index (χ1n) is 7.02. The van der Waals surface area contributed by atoms with E-state index in [2.05, 4.69) is 43.4 Å². The van der Waals surface area contributed by atoms with E-state index in [1.807, 2.05) is 6.92 Å². The van der Waals surface area contributed by atoms with Crippen LogP contribution in [-0.2, 0) is 19.6 Å². The van der Waals surface area contributed by atoms with Crippen LogP contribution >= 0.6 is 22.6 Å². The van der Waals surface area contributed by atoms with E-state index in [4.69, 9.17) is 19.6 Å². The minimum Gasteiger partial charge on any atom is -0.230 e. The van der Waals surface area contributed by atoms with Gasteiger partial charge in [-0.05, 0) is 31.1 Å². The van der Waals surface area contributed by atoms with Gasteiger partial charge in [0.05, 0.1) is 0 Å². The second kappa shape index (κ2) is 5.75. The minimum atomic E-state index is -0.703. The average molecular weight is 384 g/mol. The Balaban J connectivity index is 1.96. The third-order valence-corrected chi connectivity index (χ3v) is 5.84. The van der Waals surface area contributed by atoms with Crippen LogP contribution in [0.25, 0.3) is 0 Å². The van der Waals surface area contributed by atoms with Crippen LogP contribution in [0.3, 0.4) is 0 Å². The second-order valence-electron chi connectivity index (χ2n) is 7.15. The van der Waals surface area contributed by atoms with Crippen LogP contribution in [0.2, 0.25) is 0 Å². The zero-order chi connectivity index (χ0) is 14.1. The fourth-order valence-corrected chi connectivity index (χ4v) is 2.97. The molecule has 1 unspecified atom stereocenters. The molecule has 0 aromatic carbocycles. The van der Waals surface area contributed by atoms with Crippen LogP contribution in [0.5, 0.6) is 0 Å². The first kappa shape index (κ1) is 15.9. The molecule has 0 aromatic heterocycles. The van der Waals surface area contributed by atoms with Gasteiger partial charge in [-0.3, -0.25) is 0 Å². The molecule has 5 heteroatoms. The van der Waals surface area contributed by atoms with Crippen molar-refractivity contribution in [2.24, 2.45) is 11.3 Å². The van der Waals surface area contributed by atoms with E-state index in [0.29, 0.717) is 17.9 Å². The Kier molecular flexibility index (Phi) is 4.83. The maximum Gasteiger partial charge on any atom is 0.234 e. The molecule has 1 aliphatic heterocycles. The van der Waals surface area contributed by atoms with E-state index >= 15 is 0 Å². The van der Waals surface area contributed by atoms with Crippen LogP contribution in [0.1, 0.15) is 53.4 Å². The summed E-state index contributed by atoms with van der Waals surface area (Å²) in [5.74, 6) is -0.00441. The minimum absolute atomic E-state index is 0.338. The van der Waals surface area contributed by atoms with Gasteiger partial charge < -0.3 is 0 Å². The first-order chi connectivity index (χ1) is 8.79. The summed E-state index contributed by atoms with van der Waals surface area (Å²) in [5, 5.41) is 0. The van der Waals surface area contributed by atoms with Gasteiger partial charge in [-0.1, -0.05) is 43.4 Å². The van der Waals surface area contributed by atoms with E-state index in [-0.39, 0.29) is 0 Å². The van der Waals surface area contributed by atoms with Gasteiger partial charge >= 0.3 is 0 Å². The van der Waals surface area contributed by atoms with Crippen molar-refractivity contribution in [1.29, 1.82) is 0 Å². The Morgan fingerprint density at radius 3 is 2.26 bits per heavy atom. The van der Waals surface area contributed by atoms with Crippen molar-refractivity contribution in [1.82, 2.24) is 0 Å². The normalized spacial score (nSPS) is 41.2. The fraction of sp³-hybridized carbons (Fsp3) is 1.00. The van der Waals surface area contributed by atoms with Crippen LogP contribution in [0, 0.1) is 11.3 Å². The fourth-order valence-electron chi connectivity index (χ4n) is 2.63. The Hall–Kier alpha value is 0.570. The van der Waals surface area contributed by atoms with Crippen LogP contribution in [-0.4, -0.2) is 22.4 Å². The Labute approximate surface area is 129 Å². The highest BCUT2D eigenvalue weighted by Gasteiger charge is 2.46. The standard InChI is InChI=1S/C14H25IO4/c1-12(2,3)11-5-7-14(8-6-11)18-16-10-13(4,9-15)17-19-14/h11H,5-10H2,1-4H3. The zero-order valence-electron chi connectivity index (χ0n) is 12.3. The predicted molar refractivity (Wildman–Crippen MR) is 80.6 cm³/mol. The third-order valence-electron chi connectivity index (χ3n) is 4.22. The molecule has 2 rings (SSSR count). The molecule has 1 heterocycles. The Morgan fingerprint density at radius 1 is 1.11 bits per heavy atom. The monoisotopic (exact) mass is 384 g/mol. The lowest BCUT2D eigenvalue weighted by Gasteiger charge is -2.40. The molecule has 1 spiro atoms. The quantitative estimate of drug-likeness (QED) is 0.389. The van der Waals surface area contributed by atoms with Gasteiger partial charge in [-0.2, -0.15) is 9.78 Å². The molecule has 1 aliphatic carbocycles. The van der Waals surface area contributed by atoms with Crippen molar-refractivity contribution in [3.8, 4) is 0 Å². The summed E-state index contributed by atoms with van der Waals surface area (Å²) in [6.07, 6.45) is 3.81. The van der Waals surface area contributed by atoms with Crippen molar-refractivity contribution in [3.63, 3.8) is 0 Å². The molecule has 0 radical (unpaired) electrons. The summed E-state index contributed by atoms with van der Waals surface area (Å²) in [6.45, 7) is 9.27. The topological polar surface area (TPSA) is 36.9 Å². The largest absolute Gasteiger partial charge is 0.234 e. The number of hydrogen-bond donors (Lipinski definition) is 0. The lowest BCUT2D eigenvalue weighted by Crippen LogP contribution is -2.42. The van der Waals surface area contributed by atoms with Crippen molar-refractivity contribution in [2.75, 3.05) is 11.0 Å². The number of hydrogen-bond acceptors (Lipinski definition) is 4. The molecule has 1 atom stereocenters. The molecular weight excluding hydrogens is 359 g/mol. The predicted octanol–water partition coefficient (Wildman–Crippen LogP) is 4.02. The molecule has 2 aliphatic rings. The molecule has 112 valence electrons. The first-order valence-corrected chi connectivity index (χ1v) is 8.55. The summed E-state index contributed by atoms with van der Waals surface area (Å²) >= 11 is 2.27. The highest BCUT2D eigenvalue weighted by Crippen LogP contribution is 2.44. The summed E-state index contributed by atoms with van der Waals surface area (Å²) in [4.78, 5) is 22.1. The van der Waals surface area contributed by atoms with E-state index in [0.717, 1.165) is 30.1 Å². The molecule has 4 nitrogen and oxygen atoms in total. The maximum absolute atomic E-state index is 5.65. The average Bonchev–Trinajstić information content (AvgIpc) is 2.51. The van der Waals surface area contributed by atoms with Crippen LogP contribution in [0.15, 0.2) is 0 Å². The molecular formula is C14H25IO4. The van der Waals surface area contributed by atoms with Gasteiger partial charge in [0.15, 0.2) is 0 Å². The molecule has 1 saturated carbocycles. The highest BCUT2D eigenvalue weighted by atomic mass is 127. The summed E-state index contributed by atoms with van der Waals surface area (Å²) in [7, 11) is 0. The summed E-state index contributed by atoms with van der Waals surface area (Å²) < 4.78 is 0.800.